The molecule has 178 valence electrons. The maximum absolute atomic E-state index is 13.3. The zero-order valence-electron chi connectivity index (χ0n) is 19.7. The molecule has 6 nitrogen and oxygen atoms in total. The number of rotatable bonds is 5. The Balaban J connectivity index is 1.15. The third-order valence-corrected chi connectivity index (χ3v) is 7.87. The molecule has 3 aromatic rings. The first kappa shape index (κ1) is 21.8. The summed E-state index contributed by atoms with van der Waals surface area (Å²) in [4.78, 5) is 32.7. The lowest BCUT2D eigenvalue weighted by molar-refractivity contribution is 0.0503. The fourth-order valence-electron chi connectivity index (χ4n) is 6.29. The molecule has 2 fully saturated rings. The number of carbonyl (C=O) groups is 2. The number of benzene rings is 2. The van der Waals surface area contributed by atoms with Crippen molar-refractivity contribution in [2.24, 2.45) is 5.92 Å². The lowest BCUT2D eigenvalue weighted by Crippen LogP contribution is -2.48. The zero-order valence-corrected chi connectivity index (χ0v) is 19.7. The lowest BCUT2D eigenvalue weighted by atomic mass is 9.86. The average Bonchev–Trinajstić information content (AvgIpc) is 3.37. The molecule has 1 amide bonds. The third-order valence-electron chi connectivity index (χ3n) is 7.87. The molecule has 1 aliphatic carbocycles. The fourth-order valence-corrected chi connectivity index (χ4v) is 6.29. The van der Waals surface area contributed by atoms with Crippen LogP contribution < -0.4 is 4.74 Å². The van der Waals surface area contributed by atoms with Gasteiger partial charge in [-0.2, -0.15) is 0 Å². The highest BCUT2D eigenvalue weighted by Gasteiger charge is 2.46. The van der Waals surface area contributed by atoms with Crippen LogP contribution in [-0.2, 0) is 4.74 Å². The van der Waals surface area contributed by atoms with Gasteiger partial charge in [0.05, 0.1) is 7.11 Å². The molecule has 2 bridgehead atoms. The molecular formula is C29H28N2O4. The summed E-state index contributed by atoms with van der Waals surface area (Å²) in [5.74, 6) is 0.393. The quantitative estimate of drug-likeness (QED) is 0.465. The number of ether oxygens (including phenoxy) is 2. The van der Waals surface area contributed by atoms with Crippen molar-refractivity contribution in [1.29, 1.82) is 0 Å². The number of hydrogen-bond donors (Lipinski definition) is 0. The van der Waals surface area contributed by atoms with Crippen LogP contribution in [0.5, 0.6) is 5.75 Å². The minimum absolute atomic E-state index is 0.00605. The highest BCUT2D eigenvalue weighted by Crippen LogP contribution is 2.45. The first-order valence-corrected chi connectivity index (χ1v) is 12.3. The SMILES string of the molecule is COc1cccnc1C(=O)C1CC2CCC(C1)N2C(=O)OCC1c2ccccc2-c2ccccc21. The molecule has 0 radical (unpaired) electrons. The van der Waals surface area contributed by atoms with E-state index in [-0.39, 0.29) is 35.8 Å². The van der Waals surface area contributed by atoms with Crippen LogP contribution in [0.4, 0.5) is 4.79 Å². The van der Waals surface area contributed by atoms with E-state index in [1.807, 2.05) is 29.2 Å². The number of piperidine rings is 1. The summed E-state index contributed by atoms with van der Waals surface area (Å²) in [5, 5.41) is 0. The van der Waals surface area contributed by atoms with Crippen LogP contribution in [0, 0.1) is 5.92 Å². The lowest BCUT2D eigenvalue weighted by Gasteiger charge is -2.37. The van der Waals surface area contributed by atoms with E-state index in [0.717, 1.165) is 12.8 Å². The average molecular weight is 469 g/mol. The van der Waals surface area contributed by atoms with Gasteiger partial charge in [-0.3, -0.25) is 4.79 Å². The largest absolute Gasteiger partial charge is 0.494 e. The van der Waals surface area contributed by atoms with Crippen molar-refractivity contribution >= 4 is 11.9 Å². The summed E-state index contributed by atoms with van der Waals surface area (Å²) in [5.41, 5.74) is 5.23. The monoisotopic (exact) mass is 468 g/mol. The predicted octanol–water partition coefficient (Wildman–Crippen LogP) is 5.47. The third kappa shape index (κ3) is 3.68. The first-order valence-electron chi connectivity index (χ1n) is 12.3. The van der Waals surface area contributed by atoms with Gasteiger partial charge in [0.15, 0.2) is 5.78 Å². The van der Waals surface area contributed by atoms with Gasteiger partial charge in [0.25, 0.3) is 0 Å². The molecule has 1 aromatic heterocycles. The molecule has 0 N–H and O–H groups in total. The number of hydrogen-bond acceptors (Lipinski definition) is 5. The fraction of sp³-hybridized carbons (Fsp3) is 0.345. The molecule has 2 aromatic carbocycles. The summed E-state index contributed by atoms with van der Waals surface area (Å²) in [6.07, 6.45) is 4.44. The number of nitrogens with zero attached hydrogens (tertiary/aromatic N) is 2. The summed E-state index contributed by atoms with van der Waals surface area (Å²) >= 11 is 0. The van der Waals surface area contributed by atoms with Gasteiger partial charge >= 0.3 is 6.09 Å². The summed E-state index contributed by atoms with van der Waals surface area (Å²) in [6.45, 7) is 0.316. The number of amides is 1. The van der Waals surface area contributed by atoms with Gasteiger partial charge in [-0.1, -0.05) is 48.5 Å². The van der Waals surface area contributed by atoms with E-state index in [1.165, 1.54) is 22.3 Å². The van der Waals surface area contributed by atoms with Crippen molar-refractivity contribution in [1.82, 2.24) is 9.88 Å². The number of Topliss-reactive ketones (excluding diaryl/α,β-unsaturated/α-hetero) is 1. The highest BCUT2D eigenvalue weighted by molar-refractivity contribution is 5.98. The van der Waals surface area contributed by atoms with Crippen molar-refractivity contribution < 1.29 is 19.1 Å². The molecule has 2 unspecified atom stereocenters. The Kier molecular flexibility index (Phi) is 5.51. The van der Waals surface area contributed by atoms with E-state index in [4.69, 9.17) is 9.47 Å². The number of fused-ring (bicyclic) bond motifs is 5. The van der Waals surface area contributed by atoms with E-state index in [1.54, 1.807) is 25.4 Å². The van der Waals surface area contributed by atoms with Gasteiger partial charge in [0.2, 0.25) is 0 Å². The molecule has 0 spiro atoms. The summed E-state index contributed by atoms with van der Waals surface area (Å²) in [7, 11) is 1.55. The minimum atomic E-state index is -0.263. The second-order valence-corrected chi connectivity index (χ2v) is 9.68. The highest BCUT2D eigenvalue weighted by atomic mass is 16.6. The van der Waals surface area contributed by atoms with Crippen molar-refractivity contribution in [2.45, 2.75) is 43.7 Å². The second kappa shape index (κ2) is 8.84. The minimum Gasteiger partial charge on any atom is -0.494 e. The van der Waals surface area contributed by atoms with Gasteiger partial charge in [0.1, 0.15) is 18.1 Å². The van der Waals surface area contributed by atoms with Gasteiger partial charge < -0.3 is 14.4 Å². The molecule has 2 atom stereocenters. The Labute approximate surface area is 204 Å². The summed E-state index contributed by atoms with van der Waals surface area (Å²) < 4.78 is 11.3. The van der Waals surface area contributed by atoms with Crippen LogP contribution in [0.25, 0.3) is 11.1 Å². The number of pyridine rings is 1. The molecule has 0 saturated carbocycles. The van der Waals surface area contributed by atoms with Crippen LogP contribution >= 0.6 is 0 Å². The van der Waals surface area contributed by atoms with Crippen molar-refractivity contribution in [3.63, 3.8) is 0 Å². The number of carbonyl (C=O) groups excluding carboxylic acids is 2. The Morgan fingerprint density at radius 2 is 1.54 bits per heavy atom. The Hall–Kier alpha value is -3.67. The van der Waals surface area contributed by atoms with Crippen molar-refractivity contribution in [2.75, 3.05) is 13.7 Å². The molecular weight excluding hydrogens is 440 g/mol. The van der Waals surface area contributed by atoms with E-state index in [9.17, 15) is 9.59 Å². The van der Waals surface area contributed by atoms with E-state index < -0.39 is 0 Å². The van der Waals surface area contributed by atoms with Gasteiger partial charge in [-0.25, -0.2) is 9.78 Å². The molecule has 2 saturated heterocycles. The topological polar surface area (TPSA) is 68.7 Å². The molecule has 6 rings (SSSR count). The zero-order chi connectivity index (χ0) is 23.9. The van der Waals surface area contributed by atoms with E-state index in [0.29, 0.717) is 30.9 Å². The van der Waals surface area contributed by atoms with Crippen LogP contribution in [0.15, 0.2) is 66.9 Å². The molecule has 3 heterocycles. The molecule has 3 aliphatic rings. The van der Waals surface area contributed by atoms with Gasteiger partial charge in [0, 0.05) is 30.1 Å². The Bertz CT molecular complexity index is 1230. The van der Waals surface area contributed by atoms with Crippen LogP contribution in [0.2, 0.25) is 0 Å². The molecule has 6 heteroatoms. The Morgan fingerprint density at radius 3 is 2.17 bits per heavy atom. The van der Waals surface area contributed by atoms with Crippen LogP contribution in [0.1, 0.15) is 53.2 Å². The molecule has 2 aliphatic heterocycles. The Morgan fingerprint density at radius 1 is 0.914 bits per heavy atom. The number of ketones is 1. The standard InChI is InChI=1S/C29H28N2O4/c1-34-26-11-6-14-30-27(26)28(32)18-15-19-12-13-20(16-18)31(19)29(33)35-17-25-23-9-4-2-7-21(23)22-8-3-5-10-24(22)25/h2-11,14,18-20,25H,12-13,15-17H2,1H3. The van der Waals surface area contributed by atoms with E-state index in [2.05, 4.69) is 29.2 Å². The van der Waals surface area contributed by atoms with Gasteiger partial charge in [-0.05, 0) is 60.1 Å². The number of methoxy groups -OCH3 is 1. The molecule has 35 heavy (non-hydrogen) atoms. The maximum Gasteiger partial charge on any atom is 0.410 e. The predicted molar refractivity (Wildman–Crippen MR) is 132 cm³/mol. The summed E-state index contributed by atoms with van der Waals surface area (Å²) in [6, 6.07) is 20.3. The van der Waals surface area contributed by atoms with Crippen LogP contribution in [-0.4, -0.2) is 47.6 Å². The number of aromatic nitrogens is 1. The smallest absolute Gasteiger partial charge is 0.410 e. The van der Waals surface area contributed by atoms with Crippen molar-refractivity contribution in [3.05, 3.63) is 83.7 Å². The first-order chi connectivity index (χ1) is 17.2. The normalized spacial score (nSPS) is 22.4. The second-order valence-electron chi connectivity index (χ2n) is 9.68. The van der Waals surface area contributed by atoms with Gasteiger partial charge in [-0.15, -0.1) is 0 Å². The van der Waals surface area contributed by atoms with Crippen molar-refractivity contribution in [3.8, 4) is 16.9 Å². The maximum atomic E-state index is 13.3. The van der Waals surface area contributed by atoms with Crippen LogP contribution in [0.3, 0.4) is 0 Å². The van der Waals surface area contributed by atoms with E-state index >= 15 is 0 Å².